The number of amides is 1. The van der Waals surface area contributed by atoms with Crippen molar-refractivity contribution in [3.05, 3.63) is 47.3 Å². The average molecular weight is 383 g/mol. The summed E-state index contributed by atoms with van der Waals surface area (Å²) in [6.07, 6.45) is 2.92. The van der Waals surface area contributed by atoms with E-state index in [1.165, 1.54) is 0 Å². The number of nitrogens with zero attached hydrogens (tertiary/aromatic N) is 4. The first-order valence-corrected chi connectivity index (χ1v) is 10.1. The largest absolute Gasteiger partial charge is 0.508 e. The van der Waals surface area contributed by atoms with Crippen LogP contribution in [0.3, 0.4) is 0 Å². The molecule has 1 saturated heterocycles. The van der Waals surface area contributed by atoms with E-state index in [0.717, 1.165) is 69.8 Å². The van der Waals surface area contributed by atoms with Gasteiger partial charge in [0.2, 0.25) is 0 Å². The molecule has 0 atom stereocenters. The number of carbonyl (C=O) groups excluding carboxylic acids is 1. The standard InChI is InChI=1S/C21H29N5O2/c1-24-8-3-9-26-18(15-24)13-20(23-26)21(28)22-17-6-10-25(11-7-17)14-16-4-2-5-19(27)12-16/h2,4-5,12-13,17,27H,3,6-11,14-15H2,1H3,(H,22,28). The summed E-state index contributed by atoms with van der Waals surface area (Å²) < 4.78 is 1.98. The number of likely N-dealkylation sites (tertiary alicyclic amines) is 1. The van der Waals surface area contributed by atoms with Gasteiger partial charge >= 0.3 is 0 Å². The van der Waals surface area contributed by atoms with Crippen molar-refractivity contribution in [2.75, 3.05) is 26.7 Å². The molecule has 2 aliphatic heterocycles. The highest BCUT2D eigenvalue weighted by molar-refractivity contribution is 5.92. The zero-order valence-corrected chi connectivity index (χ0v) is 16.5. The zero-order chi connectivity index (χ0) is 19.5. The fourth-order valence-corrected chi connectivity index (χ4v) is 4.14. The van der Waals surface area contributed by atoms with Crippen LogP contribution in [0.5, 0.6) is 5.75 Å². The first-order valence-electron chi connectivity index (χ1n) is 10.1. The molecule has 1 aromatic carbocycles. The third-order valence-electron chi connectivity index (χ3n) is 5.68. The van der Waals surface area contributed by atoms with Crippen molar-refractivity contribution in [3.63, 3.8) is 0 Å². The Bertz CT molecular complexity index is 826. The predicted molar refractivity (Wildman–Crippen MR) is 107 cm³/mol. The maximum atomic E-state index is 12.7. The van der Waals surface area contributed by atoms with Gasteiger partial charge in [-0.25, -0.2) is 0 Å². The molecule has 28 heavy (non-hydrogen) atoms. The summed E-state index contributed by atoms with van der Waals surface area (Å²) in [7, 11) is 2.10. The average Bonchev–Trinajstić information content (AvgIpc) is 2.98. The topological polar surface area (TPSA) is 73.6 Å². The van der Waals surface area contributed by atoms with Gasteiger partial charge in [-0.05, 0) is 50.1 Å². The van der Waals surface area contributed by atoms with Crippen molar-refractivity contribution in [2.24, 2.45) is 0 Å². The summed E-state index contributed by atoms with van der Waals surface area (Å²) in [5.74, 6) is 0.249. The number of aromatic nitrogens is 2. The second-order valence-electron chi connectivity index (χ2n) is 8.03. The molecule has 0 bridgehead atoms. The van der Waals surface area contributed by atoms with Crippen LogP contribution in [0.4, 0.5) is 0 Å². The van der Waals surface area contributed by atoms with Crippen molar-refractivity contribution < 1.29 is 9.90 Å². The Morgan fingerprint density at radius 3 is 2.82 bits per heavy atom. The van der Waals surface area contributed by atoms with Crippen LogP contribution in [-0.4, -0.2) is 63.3 Å². The van der Waals surface area contributed by atoms with Crippen molar-refractivity contribution in [1.82, 2.24) is 24.9 Å². The molecule has 2 aliphatic rings. The summed E-state index contributed by atoms with van der Waals surface area (Å²) in [5, 5.41) is 17.3. The van der Waals surface area contributed by atoms with Crippen LogP contribution < -0.4 is 5.32 Å². The number of piperidine rings is 1. The normalized spacial score (nSPS) is 19.2. The van der Waals surface area contributed by atoms with Crippen molar-refractivity contribution >= 4 is 5.91 Å². The summed E-state index contributed by atoms with van der Waals surface area (Å²) in [6.45, 7) is 5.48. The van der Waals surface area contributed by atoms with E-state index >= 15 is 0 Å². The number of phenols is 1. The second-order valence-corrected chi connectivity index (χ2v) is 8.03. The van der Waals surface area contributed by atoms with Crippen molar-refractivity contribution in [2.45, 2.75) is 44.9 Å². The van der Waals surface area contributed by atoms with Gasteiger partial charge in [-0.2, -0.15) is 5.10 Å². The fraction of sp³-hybridized carbons (Fsp3) is 0.524. The molecule has 0 unspecified atom stereocenters. The molecule has 2 N–H and O–H groups in total. The number of aryl methyl sites for hydroxylation is 1. The first kappa shape index (κ1) is 19.0. The molecule has 0 saturated carbocycles. The van der Waals surface area contributed by atoms with Crippen LogP contribution in [0.2, 0.25) is 0 Å². The lowest BCUT2D eigenvalue weighted by Gasteiger charge is -2.32. The molecule has 2 aromatic rings. The van der Waals surface area contributed by atoms with Crippen LogP contribution in [-0.2, 0) is 19.6 Å². The lowest BCUT2D eigenvalue weighted by Crippen LogP contribution is -2.44. The van der Waals surface area contributed by atoms with Crippen LogP contribution in [0.15, 0.2) is 30.3 Å². The molecule has 3 heterocycles. The highest BCUT2D eigenvalue weighted by Gasteiger charge is 2.23. The molecule has 0 radical (unpaired) electrons. The Labute approximate surface area is 165 Å². The minimum Gasteiger partial charge on any atom is -0.508 e. The number of aromatic hydroxyl groups is 1. The number of hydrogen-bond donors (Lipinski definition) is 2. The molecule has 0 aliphatic carbocycles. The van der Waals surface area contributed by atoms with Gasteiger partial charge in [0.05, 0.1) is 5.69 Å². The number of rotatable bonds is 4. The number of benzene rings is 1. The number of phenolic OH excluding ortho intramolecular Hbond substituents is 1. The van der Waals surface area contributed by atoms with E-state index in [1.54, 1.807) is 6.07 Å². The number of hydrogen-bond acceptors (Lipinski definition) is 5. The predicted octanol–water partition coefficient (Wildman–Crippen LogP) is 1.82. The van der Waals surface area contributed by atoms with Crippen LogP contribution >= 0.6 is 0 Å². The molecule has 150 valence electrons. The van der Waals surface area contributed by atoms with E-state index in [9.17, 15) is 9.90 Å². The summed E-state index contributed by atoms with van der Waals surface area (Å²) >= 11 is 0. The lowest BCUT2D eigenvalue weighted by atomic mass is 10.0. The minimum absolute atomic E-state index is 0.0605. The third-order valence-corrected chi connectivity index (χ3v) is 5.68. The molecule has 7 nitrogen and oxygen atoms in total. The zero-order valence-electron chi connectivity index (χ0n) is 16.5. The molecular weight excluding hydrogens is 354 g/mol. The monoisotopic (exact) mass is 383 g/mol. The van der Waals surface area contributed by atoms with E-state index < -0.39 is 0 Å². The van der Waals surface area contributed by atoms with Gasteiger partial charge in [-0.3, -0.25) is 14.4 Å². The summed E-state index contributed by atoms with van der Waals surface area (Å²) in [6, 6.07) is 9.55. The number of fused-ring (bicyclic) bond motifs is 1. The van der Waals surface area contributed by atoms with E-state index in [4.69, 9.17) is 0 Å². The lowest BCUT2D eigenvalue weighted by molar-refractivity contribution is 0.0903. The van der Waals surface area contributed by atoms with Gasteiger partial charge in [-0.1, -0.05) is 12.1 Å². The number of carbonyl (C=O) groups is 1. The summed E-state index contributed by atoms with van der Waals surface area (Å²) in [5.41, 5.74) is 2.77. The molecule has 0 spiro atoms. The Balaban J connectivity index is 1.29. The minimum atomic E-state index is -0.0605. The van der Waals surface area contributed by atoms with Gasteiger partial charge in [0.1, 0.15) is 11.4 Å². The van der Waals surface area contributed by atoms with Crippen molar-refractivity contribution in [1.29, 1.82) is 0 Å². The van der Waals surface area contributed by atoms with Gasteiger partial charge in [0.15, 0.2) is 0 Å². The molecule has 1 aromatic heterocycles. The van der Waals surface area contributed by atoms with Gasteiger partial charge in [-0.15, -0.1) is 0 Å². The van der Waals surface area contributed by atoms with E-state index in [1.807, 2.05) is 28.9 Å². The molecule has 4 rings (SSSR count). The maximum absolute atomic E-state index is 12.7. The smallest absolute Gasteiger partial charge is 0.272 e. The molecular formula is C21H29N5O2. The quantitative estimate of drug-likeness (QED) is 0.843. The Kier molecular flexibility index (Phi) is 5.64. The van der Waals surface area contributed by atoms with Gasteiger partial charge in [0, 0.05) is 45.3 Å². The molecule has 1 amide bonds. The van der Waals surface area contributed by atoms with Gasteiger partial charge in [0.25, 0.3) is 5.91 Å². The van der Waals surface area contributed by atoms with Crippen molar-refractivity contribution in [3.8, 4) is 5.75 Å². The van der Waals surface area contributed by atoms with E-state index in [-0.39, 0.29) is 11.9 Å². The van der Waals surface area contributed by atoms with E-state index in [2.05, 4.69) is 27.3 Å². The number of nitrogens with one attached hydrogen (secondary N) is 1. The Morgan fingerprint density at radius 1 is 1.21 bits per heavy atom. The second kappa shape index (κ2) is 8.32. The van der Waals surface area contributed by atoms with Crippen LogP contribution in [0.25, 0.3) is 0 Å². The highest BCUT2D eigenvalue weighted by atomic mass is 16.3. The SMILES string of the molecule is CN1CCCn2nc(C(=O)NC3CCN(Cc4cccc(O)c4)CC3)cc2C1. The van der Waals surface area contributed by atoms with Crippen LogP contribution in [0, 0.1) is 0 Å². The first-order chi connectivity index (χ1) is 13.6. The molecule has 1 fully saturated rings. The summed E-state index contributed by atoms with van der Waals surface area (Å²) in [4.78, 5) is 17.3. The van der Waals surface area contributed by atoms with Gasteiger partial charge < -0.3 is 15.3 Å². The maximum Gasteiger partial charge on any atom is 0.272 e. The highest BCUT2D eigenvalue weighted by Crippen LogP contribution is 2.18. The fourth-order valence-electron chi connectivity index (χ4n) is 4.14. The van der Waals surface area contributed by atoms with Crippen LogP contribution in [0.1, 0.15) is 41.0 Å². The van der Waals surface area contributed by atoms with E-state index in [0.29, 0.717) is 11.4 Å². The third kappa shape index (κ3) is 4.54. The Hall–Kier alpha value is -2.38. The Morgan fingerprint density at radius 2 is 2.04 bits per heavy atom. The molecule has 7 heteroatoms.